The molecule has 1 aromatic heterocycles. The number of methoxy groups -OCH3 is 2. The van der Waals surface area contributed by atoms with E-state index in [1.165, 1.54) is 19.2 Å². The van der Waals surface area contributed by atoms with Crippen LogP contribution >= 0.6 is 11.6 Å². The van der Waals surface area contributed by atoms with Crippen molar-refractivity contribution < 1.29 is 17.9 Å². The summed E-state index contributed by atoms with van der Waals surface area (Å²) in [4.78, 5) is 8.48. The molecule has 0 bridgehead atoms. The fourth-order valence-electron chi connectivity index (χ4n) is 2.57. The second-order valence-corrected chi connectivity index (χ2v) is 7.84. The van der Waals surface area contributed by atoms with Crippen molar-refractivity contribution in [2.75, 3.05) is 18.9 Å². The second-order valence-electron chi connectivity index (χ2n) is 5.79. The van der Waals surface area contributed by atoms with Crippen molar-refractivity contribution in [3.63, 3.8) is 0 Å². The first-order chi connectivity index (χ1) is 13.3. The summed E-state index contributed by atoms with van der Waals surface area (Å²) < 4.78 is 38.4. The molecule has 0 aliphatic heterocycles. The molecule has 0 amide bonds. The molecule has 0 aliphatic rings. The number of aromatic nitrogens is 2. The van der Waals surface area contributed by atoms with Crippen LogP contribution in [0.15, 0.2) is 53.4 Å². The molecular formula is C19H18ClN3O4S. The number of halogens is 1. The number of hydrogen-bond acceptors (Lipinski definition) is 6. The molecule has 1 N–H and O–H groups in total. The van der Waals surface area contributed by atoms with Gasteiger partial charge in [-0.3, -0.25) is 4.72 Å². The first-order valence-electron chi connectivity index (χ1n) is 8.19. The van der Waals surface area contributed by atoms with Gasteiger partial charge < -0.3 is 9.47 Å². The molecule has 146 valence electrons. The predicted octanol–water partition coefficient (Wildman–Crippen LogP) is 3.92. The Kier molecular flexibility index (Phi) is 5.71. The molecule has 3 rings (SSSR count). The van der Waals surface area contributed by atoms with Crippen LogP contribution < -0.4 is 14.2 Å². The van der Waals surface area contributed by atoms with Gasteiger partial charge in [0.2, 0.25) is 0 Å². The Morgan fingerprint density at radius 1 is 0.893 bits per heavy atom. The van der Waals surface area contributed by atoms with E-state index in [0.717, 1.165) is 0 Å². The van der Waals surface area contributed by atoms with Crippen LogP contribution in [-0.2, 0) is 10.0 Å². The van der Waals surface area contributed by atoms with Gasteiger partial charge in [0.05, 0.1) is 24.7 Å². The van der Waals surface area contributed by atoms with Gasteiger partial charge in [-0.25, -0.2) is 18.4 Å². The van der Waals surface area contributed by atoms with E-state index in [9.17, 15) is 8.42 Å². The van der Waals surface area contributed by atoms with Gasteiger partial charge in [0.25, 0.3) is 10.0 Å². The second kappa shape index (κ2) is 8.04. The quantitative estimate of drug-likeness (QED) is 0.609. The topological polar surface area (TPSA) is 90.4 Å². The Bertz CT molecular complexity index is 1090. The first-order valence-corrected chi connectivity index (χ1v) is 10.1. The highest BCUT2D eigenvalue weighted by atomic mass is 35.5. The molecule has 0 saturated heterocycles. The molecule has 0 atom stereocenters. The number of benzene rings is 2. The van der Waals surface area contributed by atoms with E-state index >= 15 is 0 Å². The van der Waals surface area contributed by atoms with E-state index in [-0.39, 0.29) is 15.9 Å². The Morgan fingerprint density at radius 2 is 1.43 bits per heavy atom. The molecule has 28 heavy (non-hydrogen) atoms. The lowest BCUT2D eigenvalue weighted by Crippen LogP contribution is -2.15. The van der Waals surface area contributed by atoms with Gasteiger partial charge in [0.15, 0.2) is 5.82 Å². The van der Waals surface area contributed by atoms with Crippen LogP contribution in [0.25, 0.3) is 11.1 Å². The zero-order valence-electron chi connectivity index (χ0n) is 15.4. The van der Waals surface area contributed by atoms with E-state index in [4.69, 9.17) is 21.1 Å². The lowest BCUT2D eigenvalue weighted by atomic mass is 10.1. The van der Waals surface area contributed by atoms with Crippen LogP contribution in [0.5, 0.6) is 11.5 Å². The molecule has 0 aliphatic carbocycles. The summed E-state index contributed by atoms with van der Waals surface area (Å²) >= 11 is 6.32. The third kappa shape index (κ3) is 4.18. The summed E-state index contributed by atoms with van der Waals surface area (Å²) in [6.07, 6.45) is 0. The number of nitrogens with zero attached hydrogens (tertiary/aromatic N) is 2. The Labute approximate surface area is 168 Å². The van der Waals surface area contributed by atoms with Gasteiger partial charge >= 0.3 is 0 Å². The smallest absolute Gasteiger partial charge is 0.263 e. The maximum absolute atomic E-state index is 12.8. The Balaban J connectivity index is 2.05. The molecule has 9 heteroatoms. The molecule has 0 radical (unpaired) electrons. The average molecular weight is 420 g/mol. The summed E-state index contributed by atoms with van der Waals surface area (Å²) in [6.45, 7) is 1.63. The molecule has 0 saturated carbocycles. The zero-order chi connectivity index (χ0) is 20.3. The predicted molar refractivity (Wildman–Crippen MR) is 108 cm³/mol. The van der Waals surface area contributed by atoms with Crippen LogP contribution in [0, 0.1) is 6.92 Å². The van der Waals surface area contributed by atoms with Crippen LogP contribution in [0.3, 0.4) is 0 Å². The maximum Gasteiger partial charge on any atom is 0.263 e. The fourth-order valence-corrected chi connectivity index (χ4v) is 3.90. The third-order valence-electron chi connectivity index (χ3n) is 3.96. The van der Waals surface area contributed by atoms with E-state index in [2.05, 4.69) is 14.7 Å². The van der Waals surface area contributed by atoms with Gasteiger partial charge in [-0.1, -0.05) is 23.7 Å². The lowest BCUT2D eigenvalue weighted by Gasteiger charge is -2.14. The minimum absolute atomic E-state index is 0.0707. The highest BCUT2D eigenvalue weighted by Gasteiger charge is 2.21. The van der Waals surface area contributed by atoms with Crippen molar-refractivity contribution >= 4 is 27.4 Å². The summed E-state index contributed by atoms with van der Waals surface area (Å²) in [5.74, 6) is 1.65. The van der Waals surface area contributed by atoms with Gasteiger partial charge in [-0.05, 0) is 48.9 Å². The van der Waals surface area contributed by atoms with Crippen molar-refractivity contribution in [2.45, 2.75) is 11.8 Å². The van der Waals surface area contributed by atoms with Gasteiger partial charge in [-0.2, -0.15) is 0 Å². The fraction of sp³-hybridized carbons (Fsp3) is 0.158. The van der Waals surface area contributed by atoms with Crippen LogP contribution in [-0.4, -0.2) is 32.6 Å². The summed E-state index contributed by atoms with van der Waals surface area (Å²) in [5, 5.41) is 0.144. The summed E-state index contributed by atoms with van der Waals surface area (Å²) in [6, 6.07) is 13.0. The molecule has 2 aromatic carbocycles. The molecule has 0 spiro atoms. The number of rotatable bonds is 6. The minimum Gasteiger partial charge on any atom is -0.497 e. The number of aryl methyl sites for hydroxylation is 1. The van der Waals surface area contributed by atoms with E-state index < -0.39 is 10.0 Å². The number of hydrogen-bond donors (Lipinski definition) is 1. The molecule has 3 aromatic rings. The number of nitrogens with one attached hydrogen (secondary N) is 1. The van der Waals surface area contributed by atoms with Gasteiger partial charge in [0.1, 0.15) is 22.5 Å². The van der Waals surface area contributed by atoms with E-state index in [1.807, 2.05) is 0 Å². The van der Waals surface area contributed by atoms with Crippen molar-refractivity contribution in [2.24, 2.45) is 0 Å². The molecular weight excluding hydrogens is 402 g/mol. The SMILES string of the molecule is COc1ccc(-c2c(Cl)nc(C)nc2NS(=O)(=O)c2ccc(OC)cc2)cc1. The number of ether oxygens (including phenoxy) is 2. The van der Waals surface area contributed by atoms with Gasteiger partial charge in [0, 0.05) is 0 Å². The number of sulfonamides is 1. The Hall–Kier alpha value is -2.84. The normalized spacial score (nSPS) is 11.1. The maximum atomic E-state index is 12.8. The van der Waals surface area contributed by atoms with Crippen molar-refractivity contribution in [3.05, 3.63) is 59.5 Å². The van der Waals surface area contributed by atoms with Crippen molar-refractivity contribution in [3.8, 4) is 22.6 Å². The Morgan fingerprint density at radius 3 is 1.96 bits per heavy atom. The molecule has 7 nitrogen and oxygen atoms in total. The minimum atomic E-state index is -3.89. The molecule has 0 unspecified atom stereocenters. The molecule has 0 fully saturated rings. The largest absolute Gasteiger partial charge is 0.497 e. The lowest BCUT2D eigenvalue weighted by molar-refractivity contribution is 0.414. The monoisotopic (exact) mass is 419 g/mol. The van der Waals surface area contributed by atoms with E-state index in [0.29, 0.717) is 28.5 Å². The molecule has 1 heterocycles. The standard InChI is InChI=1S/C19H18ClN3O4S/c1-12-21-18(20)17(13-4-6-14(26-2)7-5-13)19(22-12)23-28(24,25)16-10-8-15(27-3)9-11-16/h4-11H,1-3H3,(H,21,22,23). The third-order valence-corrected chi connectivity index (χ3v) is 5.58. The average Bonchev–Trinajstić information content (AvgIpc) is 2.67. The number of anilines is 1. The van der Waals surface area contributed by atoms with E-state index in [1.54, 1.807) is 50.4 Å². The van der Waals surface area contributed by atoms with Gasteiger partial charge in [-0.15, -0.1) is 0 Å². The highest BCUT2D eigenvalue weighted by molar-refractivity contribution is 7.92. The summed E-state index contributed by atoms with van der Waals surface area (Å²) in [7, 11) is -0.825. The van der Waals surface area contributed by atoms with Crippen molar-refractivity contribution in [1.29, 1.82) is 0 Å². The van der Waals surface area contributed by atoms with Crippen molar-refractivity contribution in [1.82, 2.24) is 9.97 Å². The van der Waals surface area contributed by atoms with Crippen LogP contribution in [0.4, 0.5) is 5.82 Å². The van der Waals surface area contributed by atoms with Crippen LogP contribution in [0.2, 0.25) is 5.15 Å². The zero-order valence-corrected chi connectivity index (χ0v) is 17.0. The van der Waals surface area contributed by atoms with Crippen LogP contribution in [0.1, 0.15) is 5.82 Å². The summed E-state index contributed by atoms with van der Waals surface area (Å²) in [5.41, 5.74) is 1.03. The highest BCUT2D eigenvalue weighted by Crippen LogP contribution is 2.34. The first kappa shape index (κ1) is 19.9.